The molecule has 120 valence electrons. The van der Waals surface area contributed by atoms with E-state index in [1.807, 2.05) is 11.9 Å². The molecule has 3 heteroatoms. The van der Waals surface area contributed by atoms with Gasteiger partial charge in [-0.2, -0.15) is 0 Å². The van der Waals surface area contributed by atoms with Crippen LogP contribution in [-0.4, -0.2) is 48.4 Å². The van der Waals surface area contributed by atoms with Crippen molar-refractivity contribution < 1.29 is 4.79 Å². The maximum absolute atomic E-state index is 12.8. The molecule has 0 spiro atoms. The van der Waals surface area contributed by atoms with Crippen LogP contribution in [0.1, 0.15) is 49.3 Å². The Morgan fingerprint density at radius 3 is 2.64 bits per heavy atom. The number of likely N-dealkylation sites (tertiary alicyclic amines) is 1. The number of amides is 1. The van der Waals surface area contributed by atoms with Crippen LogP contribution in [0, 0.1) is 0 Å². The number of fused-ring (bicyclic) bond motifs is 1. The molecule has 2 aliphatic rings. The average Bonchev–Trinajstić information content (AvgIpc) is 3.10. The van der Waals surface area contributed by atoms with Crippen molar-refractivity contribution in [2.45, 2.75) is 57.5 Å². The summed E-state index contributed by atoms with van der Waals surface area (Å²) in [6.45, 7) is 5.52. The lowest BCUT2D eigenvalue weighted by molar-refractivity contribution is -0.136. The van der Waals surface area contributed by atoms with E-state index in [2.05, 4.69) is 44.0 Å². The Morgan fingerprint density at radius 1 is 1.27 bits per heavy atom. The topological polar surface area (TPSA) is 23.6 Å². The van der Waals surface area contributed by atoms with Gasteiger partial charge in [0.15, 0.2) is 0 Å². The van der Waals surface area contributed by atoms with E-state index in [1.165, 1.54) is 16.7 Å². The highest BCUT2D eigenvalue weighted by Gasteiger charge is 2.34. The van der Waals surface area contributed by atoms with Gasteiger partial charge in [-0.15, -0.1) is 0 Å². The third-order valence-electron chi connectivity index (χ3n) is 5.51. The number of rotatable bonds is 3. The molecular weight excluding hydrogens is 272 g/mol. The first-order chi connectivity index (χ1) is 10.5. The second kappa shape index (κ2) is 6.04. The number of carbonyl (C=O) groups is 1. The van der Waals surface area contributed by atoms with Crippen LogP contribution in [0.25, 0.3) is 0 Å². The van der Waals surface area contributed by atoms with E-state index in [9.17, 15) is 4.79 Å². The Bertz CT molecular complexity index is 567. The minimum Gasteiger partial charge on any atom is -0.341 e. The summed E-state index contributed by atoms with van der Waals surface area (Å²) in [5.41, 5.74) is 4.27. The van der Waals surface area contributed by atoms with Crippen LogP contribution in [0.3, 0.4) is 0 Å². The van der Waals surface area contributed by atoms with Gasteiger partial charge in [0.2, 0.25) is 5.91 Å². The first kappa shape index (κ1) is 15.5. The Labute approximate surface area is 134 Å². The summed E-state index contributed by atoms with van der Waals surface area (Å²) in [6, 6.07) is 7.29. The second-order valence-corrected chi connectivity index (χ2v) is 7.33. The zero-order valence-corrected chi connectivity index (χ0v) is 14.3. The SMILES string of the molecule is CC(C)c1ccc2c(c1)CC(N(C)C(=O)[C@H]1CCCN1C)C2. The lowest BCUT2D eigenvalue weighted by Gasteiger charge is -2.29. The number of hydrogen-bond donors (Lipinski definition) is 0. The minimum atomic E-state index is 0.0972. The molecule has 1 fully saturated rings. The normalized spacial score (nSPS) is 24.8. The third-order valence-corrected chi connectivity index (χ3v) is 5.51. The summed E-state index contributed by atoms with van der Waals surface area (Å²) in [6.07, 6.45) is 4.17. The van der Waals surface area contributed by atoms with Gasteiger partial charge in [-0.25, -0.2) is 0 Å². The molecule has 1 unspecified atom stereocenters. The predicted molar refractivity (Wildman–Crippen MR) is 90.1 cm³/mol. The van der Waals surface area contributed by atoms with Crippen molar-refractivity contribution in [1.82, 2.24) is 9.80 Å². The Balaban J connectivity index is 1.71. The average molecular weight is 300 g/mol. The monoisotopic (exact) mass is 300 g/mol. The van der Waals surface area contributed by atoms with E-state index in [0.717, 1.165) is 32.2 Å². The molecular formula is C19H28N2O. The lowest BCUT2D eigenvalue weighted by Crippen LogP contribution is -2.47. The molecule has 3 nitrogen and oxygen atoms in total. The summed E-state index contributed by atoms with van der Waals surface area (Å²) in [5, 5.41) is 0. The highest BCUT2D eigenvalue weighted by Crippen LogP contribution is 2.29. The largest absolute Gasteiger partial charge is 0.341 e. The van der Waals surface area contributed by atoms with Crippen molar-refractivity contribution in [3.05, 3.63) is 34.9 Å². The first-order valence-electron chi connectivity index (χ1n) is 8.56. The molecule has 1 heterocycles. The van der Waals surface area contributed by atoms with Gasteiger partial charge in [-0.3, -0.25) is 9.69 Å². The molecule has 0 aromatic heterocycles. The molecule has 0 bridgehead atoms. The zero-order valence-electron chi connectivity index (χ0n) is 14.3. The summed E-state index contributed by atoms with van der Waals surface area (Å²) in [4.78, 5) is 17.0. The van der Waals surface area contributed by atoms with Gasteiger partial charge in [0.05, 0.1) is 6.04 Å². The third kappa shape index (κ3) is 2.79. The minimum absolute atomic E-state index is 0.0972. The van der Waals surface area contributed by atoms with Crippen molar-refractivity contribution in [2.75, 3.05) is 20.6 Å². The fourth-order valence-electron chi connectivity index (χ4n) is 3.89. The lowest BCUT2D eigenvalue weighted by atomic mass is 9.99. The molecule has 0 saturated carbocycles. The molecule has 2 atom stereocenters. The van der Waals surface area contributed by atoms with Crippen molar-refractivity contribution in [1.29, 1.82) is 0 Å². The summed E-state index contributed by atoms with van der Waals surface area (Å²) < 4.78 is 0. The van der Waals surface area contributed by atoms with E-state index in [-0.39, 0.29) is 6.04 Å². The van der Waals surface area contributed by atoms with E-state index in [4.69, 9.17) is 0 Å². The molecule has 1 aromatic carbocycles. The van der Waals surface area contributed by atoms with E-state index in [0.29, 0.717) is 17.9 Å². The first-order valence-corrected chi connectivity index (χ1v) is 8.56. The molecule has 1 amide bonds. The van der Waals surface area contributed by atoms with Crippen molar-refractivity contribution in [2.24, 2.45) is 0 Å². The summed E-state index contributed by atoms with van der Waals surface area (Å²) in [5.74, 6) is 0.873. The van der Waals surface area contributed by atoms with Crippen LogP contribution >= 0.6 is 0 Å². The standard InChI is InChI=1S/C19H28N2O/c1-13(2)14-7-8-15-11-17(12-16(15)10-14)21(4)19(22)18-6-5-9-20(18)3/h7-8,10,13,17-18H,5-6,9,11-12H2,1-4H3/t17?,18-/m1/s1. The van der Waals surface area contributed by atoms with Gasteiger partial charge in [-0.1, -0.05) is 32.0 Å². The quantitative estimate of drug-likeness (QED) is 0.857. The van der Waals surface area contributed by atoms with E-state index in [1.54, 1.807) is 0 Å². The second-order valence-electron chi connectivity index (χ2n) is 7.33. The maximum atomic E-state index is 12.8. The molecule has 3 rings (SSSR count). The van der Waals surface area contributed by atoms with Crippen LogP contribution in [-0.2, 0) is 17.6 Å². The molecule has 1 aromatic rings. The molecule has 1 aliphatic carbocycles. The Hall–Kier alpha value is -1.35. The number of likely N-dealkylation sites (N-methyl/N-ethyl adjacent to an activating group) is 2. The van der Waals surface area contributed by atoms with Crippen LogP contribution in [0.5, 0.6) is 0 Å². The number of hydrogen-bond acceptors (Lipinski definition) is 2. The smallest absolute Gasteiger partial charge is 0.239 e. The van der Waals surface area contributed by atoms with Crippen molar-refractivity contribution >= 4 is 5.91 Å². The molecule has 1 aliphatic heterocycles. The highest BCUT2D eigenvalue weighted by molar-refractivity contribution is 5.82. The van der Waals surface area contributed by atoms with Gasteiger partial charge < -0.3 is 4.90 Å². The fraction of sp³-hybridized carbons (Fsp3) is 0.632. The molecule has 0 N–H and O–H groups in total. The Kier molecular flexibility index (Phi) is 4.26. The molecule has 1 saturated heterocycles. The van der Waals surface area contributed by atoms with E-state index >= 15 is 0 Å². The van der Waals surface area contributed by atoms with Crippen LogP contribution in [0.15, 0.2) is 18.2 Å². The van der Waals surface area contributed by atoms with Crippen molar-refractivity contribution in [3.63, 3.8) is 0 Å². The van der Waals surface area contributed by atoms with Crippen LogP contribution < -0.4 is 0 Å². The van der Waals surface area contributed by atoms with Gasteiger partial charge in [0.1, 0.15) is 0 Å². The van der Waals surface area contributed by atoms with Gasteiger partial charge in [0.25, 0.3) is 0 Å². The van der Waals surface area contributed by atoms with Gasteiger partial charge >= 0.3 is 0 Å². The van der Waals surface area contributed by atoms with Gasteiger partial charge in [0, 0.05) is 13.1 Å². The number of benzene rings is 1. The van der Waals surface area contributed by atoms with Gasteiger partial charge in [-0.05, 0) is 61.9 Å². The van der Waals surface area contributed by atoms with Crippen LogP contribution in [0.4, 0.5) is 0 Å². The number of carbonyl (C=O) groups excluding carboxylic acids is 1. The summed E-state index contributed by atoms with van der Waals surface area (Å²) in [7, 11) is 4.07. The Morgan fingerprint density at radius 2 is 2.00 bits per heavy atom. The predicted octanol–water partition coefficient (Wildman–Crippen LogP) is 2.83. The number of nitrogens with zero attached hydrogens (tertiary/aromatic N) is 2. The zero-order chi connectivity index (χ0) is 15.9. The van der Waals surface area contributed by atoms with E-state index < -0.39 is 0 Å². The highest BCUT2D eigenvalue weighted by atomic mass is 16.2. The maximum Gasteiger partial charge on any atom is 0.239 e. The molecule has 0 radical (unpaired) electrons. The molecule has 22 heavy (non-hydrogen) atoms. The van der Waals surface area contributed by atoms with Crippen LogP contribution in [0.2, 0.25) is 0 Å². The fourth-order valence-corrected chi connectivity index (χ4v) is 3.89. The van der Waals surface area contributed by atoms with Crippen molar-refractivity contribution in [3.8, 4) is 0 Å². The summed E-state index contributed by atoms with van der Waals surface area (Å²) >= 11 is 0.